The van der Waals surface area contributed by atoms with Crippen LogP contribution in [0.2, 0.25) is 0 Å². The van der Waals surface area contributed by atoms with Crippen LogP contribution < -0.4 is 14.4 Å². The molecule has 1 aliphatic heterocycles. The first-order valence-corrected chi connectivity index (χ1v) is 11.5. The minimum Gasteiger partial charge on any atom is -0.493 e. The fourth-order valence-corrected chi connectivity index (χ4v) is 4.19. The molecule has 0 fully saturated rings. The number of aryl methyl sites for hydroxylation is 1. The van der Waals surface area contributed by atoms with Crippen LogP contribution >= 0.6 is 0 Å². The molecule has 0 aliphatic carbocycles. The first-order chi connectivity index (χ1) is 17.5. The van der Waals surface area contributed by atoms with Gasteiger partial charge in [-0.2, -0.15) is 0 Å². The predicted octanol–water partition coefficient (Wildman–Crippen LogP) is 5.71. The minimum absolute atomic E-state index is 0.337. The summed E-state index contributed by atoms with van der Waals surface area (Å²) >= 11 is 0. The number of carbonyl (C=O) groups is 2. The Morgan fingerprint density at radius 2 is 1.61 bits per heavy atom. The van der Waals surface area contributed by atoms with Crippen molar-refractivity contribution in [2.24, 2.45) is 0 Å². The average molecular weight is 477 g/mol. The molecule has 0 atom stereocenters. The van der Waals surface area contributed by atoms with Crippen molar-refractivity contribution in [1.82, 2.24) is 4.98 Å². The zero-order valence-electron chi connectivity index (χ0n) is 20.0. The van der Waals surface area contributed by atoms with E-state index in [1.54, 1.807) is 49.8 Å². The normalized spacial score (nSPS) is 14.1. The van der Waals surface area contributed by atoms with E-state index in [1.807, 2.05) is 61.5 Å². The number of aromatic nitrogens is 1. The van der Waals surface area contributed by atoms with Crippen LogP contribution in [-0.2, 0) is 11.4 Å². The highest BCUT2D eigenvalue weighted by Gasteiger charge is 2.35. The molecule has 1 aliphatic rings. The SMILES string of the molecule is COc1cc(/C=C2/C(=O)N(c3cccc(C)c3)C(=O)c3ccccc32)ccc1OCc1ccncc1. The second kappa shape index (κ2) is 9.88. The molecule has 0 unspecified atom stereocenters. The molecule has 178 valence electrons. The number of methoxy groups -OCH3 is 1. The molecule has 0 N–H and O–H groups in total. The van der Waals surface area contributed by atoms with Crippen LogP contribution in [0.4, 0.5) is 5.69 Å². The standard InChI is InChI=1S/C30H24N2O4/c1-20-6-5-7-23(16-20)32-29(33)25-9-4-3-8-24(25)26(30(32)34)17-22-10-11-27(28(18-22)35-2)36-19-21-12-14-31-15-13-21/h3-18H,19H2,1-2H3/b26-17+. The van der Waals surface area contributed by atoms with Gasteiger partial charge in [-0.1, -0.05) is 36.4 Å². The molecule has 36 heavy (non-hydrogen) atoms. The van der Waals surface area contributed by atoms with Gasteiger partial charge in [0.05, 0.1) is 12.8 Å². The van der Waals surface area contributed by atoms with E-state index in [1.165, 1.54) is 4.90 Å². The summed E-state index contributed by atoms with van der Waals surface area (Å²) in [5.41, 5.74) is 4.76. The third-order valence-corrected chi connectivity index (χ3v) is 5.99. The van der Waals surface area contributed by atoms with Crippen molar-refractivity contribution < 1.29 is 19.1 Å². The number of carbonyl (C=O) groups excluding carboxylic acids is 2. The molecule has 0 radical (unpaired) electrons. The number of ether oxygens (including phenoxy) is 2. The van der Waals surface area contributed by atoms with Gasteiger partial charge in [0.25, 0.3) is 11.8 Å². The Morgan fingerprint density at radius 3 is 2.36 bits per heavy atom. The van der Waals surface area contributed by atoms with E-state index in [0.29, 0.717) is 40.5 Å². The molecule has 0 spiro atoms. The van der Waals surface area contributed by atoms with Crippen LogP contribution in [0.1, 0.15) is 32.6 Å². The van der Waals surface area contributed by atoms with Crippen molar-refractivity contribution in [2.45, 2.75) is 13.5 Å². The molecule has 4 aromatic rings. The molecule has 1 aromatic heterocycles. The molecule has 2 amide bonds. The topological polar surface area (TPSA) is 68.7 Å². The van der Waals surface area contributed by atoms with Gasteiger partial charge in [0.15, 0.2) is 11.5 Å². The summed E-state index contributed by atoms with van der Waals surface area (Å²) in [6, 6.07) is 23.8. The highest BCUT2D eigenvalue weighted by molar-refractivity contribution is 6.43. The number of hydrogen-bond acceptors (Lipinski definition) is 5. The molecule has 3 aromatic carbocycles. The van der Waals surface area contributed by atoms with Crippen LogP contribution in [0.5, 0.6) is 11.5 Å². The fraction of sp³-hybridized carbons (Fsp3) is 0.100. The minimum atomic E-state index is -0.374. The second-order valence-corrected chi connectivity index (χ2v) is 8.44. The maximum Gasteiger partial charge on any atom is 0.265 e. The number of anilines is 1. The van der Waals surface area contributed by atoms with Crippen molar-refractivity contribution in [3.63, 3.8) is 0 Å². The van der Waals surface area contributed by atoms with Crippen molar-refractivity contribution in [3.8, 4) is 11.5 Å². The van der Waals surface area contributed by atoms with E-state index < -0.39 is 0 Å². The van der Waals surface area contributed by atoms with Gasteiger partial charge in [-0.3, -0.25) is 14.6 Å². The first kappa shape index (κ1) is 23.1. The van der Waals surface area contributed by atoms with Gasteiger partial charge < -0.3 is 9.47 Å². The highest BCUT2D eigenvalue weighted by atomic mass is 16.5. The lowest BCUT2D eigenvalue weighted by Crippen LogP contribution is -2.41. The van der Waals surface area contributed by atoms with Crippen molar-refractivity contribution in [3.05, 3.63) is 119 Å². The summed E-state index contributed by atoms with van der Waals surface area (Å²) < 4.78 is 11.5. The molecule has 0 saturated carbocycles. The third kappa shape index (κ3) is 4.49. The number of imide groups is 1. The summed E-state index contributed by atoms with van der Waals surface area (Å²) in [7, 11) is 1.57. The van der Waals surface area contributed by atoms with E-state index in [4.69, 9.17) is 9.47 Å². The lowest BCUT2D eigenvalue weighted by Gasteiger charge is -2.29. The Labute approximate surface area is 209 Å². The fourth-order valence-electron chi connectivity index (χ4n) is 4.19. The van der Waals surface area contributed by atoms with Crippen molar-refractivity contribution in [1.29, 1.82) is 0 Å². The molecule has 6 nitrogen and oxygen atoms in total. The van der Waals surface area contributed by atoms with E-state index in [9.17, 15) is 9.59 Å². The number of rotatable bonds is 6. The number of fused-ring (bicyclic) bond motifs is 1. The Balaban J connectivity index is 1.52. The summed E-state index contributed by atoms with van der Waals surface area (Å²) in [6.07, 6.45) is 5.22. The predicted molar refractivity (Wildman–Crippen MR) is 139 cm³/mol. The van der Waals surface area contributed by atoms with Gasteiger partial charge in [-0.05, 0) is 77.7 Å². The largest absolute Gasteiger partial charge is 0.493 e. The summed E-state index contributed by atoms with van der Waals surface area (Å²) in [4.78, 5) is 32.2. The van der Waals surface area contributed by atoms with Gasteiger partial charge in [-0.25, -0.2) is 4.90 Å². The Morgan fingerprint density at radius 1 is 0.833 bits per heavy atom. The highest BCUT2D eigenvalue weighted by Crippen LogP contribution is 2.35. The molecular formula is C30H24N2O4. The Bertz CT molecular complexity index is 1480. The van der Waals surface area contributed by atoms with Gasteiger partial charge >= 0.3 is 0 Å². The average Bonchev–Trinajstić information content (AvgIpc) is 2.91. The number of amides is 2. The Hall–Kier alpha value is -4.71. The van der Waals surface area contributed by atoms with Crippen LogP contribution in [0.25, 0.3) is 11.6 Å². The van der Waals surface area contributed by atoms with E-state index in [0.717, 1.165) is 16.7 Å². The molecule has 6 heteroatoms. The van der Waals surface area contributed by atoms with Gasteiger partial charge in [0.2, 0.25) is 0 Å². The summed E-state index contributed by atoms with van der Waals surface area (Å²) in [5, 5.41) is 0. The second-order valence-electron chi connectivity index (χ2n) is 8.44. The molecule has 0 bridgehead atoms. The first-order valence-electron chi connectivity index (χ1n) is 11.5. The number of benzene rings is 3. The smallest absolute Gasteiger partial charge is 0.265 e. The third-order valence-electron chi connectivity index (χ3n) is 5.99. The maximum absolute atomic E-state index is 13.7. The van der Waals surface area contributed by atoms with Gasteiger partial charge in [0, 0.05) is 23.5 Å². The van der Waals surface area contributed by atoms with Crippen LogP contribution in [0.15, 0.2) is 91.3 Å². The van der Waals surface area contributed by atoms with Crippen LogP contribution in [0.3, 0.4) is 0 Å². The summed E-state index contributed by atoms with van der Waals surface area (Å²) in [5.74, 6) is 0.419. The van der Waals surface area contributed by atoms with E-state index in [2.05, 4.69) is 4.98 Å². The van der Waals surface area contributed by atoms with E-state index >= 15 is 0 Å². The molecular weight excluding hydrogens is 452 g/mol. The van der Waals surface area contributed by atoms with Gasteiger partial charge in [0.1, 0.15) is 6.61 Å². The molecule has 5 rings (SSSR count). The zero-order chi connectivity index (χ0) is 25.1. The van der Waals surface area contributed by atoms with Crippen molar-refractivity contribution in [2.75, 3.05) is 12.0 Å². The molecule has 2 heterocycles. The van der Waals surface area contributed by atoms with E-state index in [-0.39, 0.29) is 11.8 Å². The van der Waals surface area contributed by atoms with Gasteiger partial charge in [-0.15, -0.1) is 0 Å². The zero-order valence-corrected chi connectivity index (χ0v) is 20.0. The van der Waals surface area contributed by atoms with Crippen LogP contribution in [0, 0.1) is 6.92 Å². The Kier molecular flexibility index (Phi) is 6.33. The van der Waals surface area contributed by atoms with Crippen LogP contribution in [-0.4, -0.2) is 23.9 Å². The lowest BCUT2D eigenvalue weighted by atomic mass is 9.91. The number of hydrogen-bond donors (Lipinski definition) is 0. The lowest BCUT2D eigenvalue weighted by molar-refractivity contribution is -0.112. The maximum atomic E-state index is 13.7. The summed E-state index contributed by atoms with van der Waals surface area (Å²) in [6.45, 7) is 2.30. The number of nitrogens with zero attached hydrogens (tertiary/aromatic N) is 2. The molecule has 0 saturated heterocycles. The number of pyridine rings is 1. The monoisotopic (exact) mass is 476 g/mol. The van der Waals surface area contributed by atoms with Crippen molar-refractivity contribution >= 4 is 29.2 Å². The quantitative estimate of drug-likeness (QED) is 0.264.